The Balaban J connectivity index is 1.99. The number of nitrogens with zero attached hydrogens (tertiary/aromatic N) is 1. The number of carbonyl (C=O) groups excluding carboxylic acids is 2. The van der Waals surface area contributed by atoms with Crippen molar-refractivity contribution >= 4 is 22.8 Å². The number of ether oxygens (including phenoxy) is 3. The molecule has 0 atom stereocenters. The quantitative estimate of drug-likeness (QED) is 0.329. The molecule has 0 fully saturated rings. The number of carbonyl (C=O) groups is 2. The van der Waals surface area contributed by atoms with Crippen molar-refractivity contribution in [2.45, 2.75) is 39.5 Å². The van der Waals surface area contributed by atoms with Crippen molar-refractivity contribution in [2.24, 2.45) is 0 Å². The molecule has 9 heteroatoms. The standard InChI is InChI=1S/C24H24F3NO5/c1-4-5-12-32-22(29)14-19-15(2)28(21-11-10-18(31-3)13-20(19)21)23(30)16-6-8-17(9-7-16)33-24(25,26)27/h6-11,13H,4-5,12,14H2,1-3H3. The number of fused-ring (bicyclic) bond motifs is 1. The Bertz CT molecular complexity index is 1150. The zero-order valence-corrected chi connectivity index (χ0v) is 18.5. The number of methoxy groups -OCH3 is 1. The molecule has 3 aromatic rings. The third-order valence-corrected chi connectivity index (χ3v) is 5.16. The Kier molecular flexibility index (Phi) is 7.30. The number of halogens is 3. The average molecular weight is 463 g/mol. The van der Waals surface area contributed by atoms with Gasteiger partial charge in [-0.05, 0) is 61.4 Å². The molecule has 0 saturated heterocycles. The number of unbranched alkanes of at least 4 members (excludes halogenated alkanes) is 1. The van der Waals surface area contributed by atoms with Gasteiger partial charge >= 0.3 is 12.3 Å². The molecule has 6 nitrogen and oxygen atoms in total. The fraction of sp³-hybridized carbons (Fsp3) is 0.333. The number of alkyl halides is 3. The highest BCUT2D eigenvalue weighted by Gasteiger charge is 2.31. The zero-order valence-electron chi connectivity index (χ0n) is 18.5. The van der Waals surface area contributed by atoms with E-state index in [1.807, 2.05) is 6.92 Å². The van der Waals surface area contributed by atoms with Gasteiger partial charge in [0.05, 0.1) is 25.7 Å². The summed E-state index contributed by atoms with van der Waals surface area (Å²) >= 11 is 0. The van der Waals surface area contributed by atoms with Crippen LogP contribution >= 0.6 is 0 Å². The smallest absolute Gasteiger partial charge is 0.497 e. The number of aromatic nitrogens is 1. The van der Waals surface area contributed by atoms with E-state index in [1.54, 1.807) is 25.1 Å². The molecule has 0 amide bonds. The van der Waals surface area contributed by atoms with Crippen molar-refractivity contribution in [3.05, 3.63) is 59.3 Å². The molecule has 0 bridgehead atoms. The summed E-state index contributed by atoms with van der Waals surface area (Å²) in [6.07, 6.45) is -3.20. The van der Waals surface area contributed by atoms with E-state index < -0.39 is 24.0 Å². The third-order valence-electron chi connectivity index (χ3n) is 5.16. The molecule has 0 aliphatic rings. The van der Waals surface area contributed by atoms with Crippen molar-refractivity contribution in [2.75, 3.05) is 13.7 Å². The molecular formula is C24H24F3NO5. The van der Waals surface area contributed by atoms with Gasteiger partial charge in [0.2, 0.25) is 0 Å². The molecule has 1 heterocycles. The molecule has 33 heavy (non-hydrogen) atoms. The first kappa shape index (κ1) is 24.2. The van der Waals surface area contributed by atoms with Gasteiger partial charge in [0.1, 0.15) is 11.5 Å². The fourth-order valence-electron chi connectivity index (χ4n) is 3.53. The Labute approximate surface area is 188 Å². The van der Waals surface area contributed by atoms with Crippen LogP contribution in [0.4, 0.5) is 13.2 Å². The topological polar surface area (TPSA) is 66.8 Å². The minimum absolute atomic E-state index is 0.0299. The third kappa shape index (κ3) is 5.66. The molecule has 2 aromatic carbocycles. The maximum absolute atomic E-state index is 13.3. The lowest BCUT2D eigenvalue weighted by molar-refractivity contribution is -0.274. The van der Waals surface area contributed by atoms with Crippen LogP contribution in [-0.4, -0.2) is 36.5 Å². The SMILES string of the molecule is CCCCOC(=O)Cc1c(C)n(C(=O)c2ccc(OC(F)(F)F)cc2)c2ccc(OC)cc12. The molecule has 1 aromatic heterocycles. The lowest BCUT2D eigenvalue weighted by Crippen LogP contribution is -2.17. The Morgan fingerprint density at radius 1 is 1.03 bits per heavy atom. The van der Waals surface area contributed by atoms with Gasteiger partial charge in [-0.3, -0.25) is 14.2 Å². The van der Waals surface area contributed by atoms with Crippen LogP contribution in [-0.2, 0) is 16.0 Å². The molecular weight excluding hydrogens is 439 g/mol. The number of rotatable bonds is 8. The summed E-state index contributed by atoms with van der Waals surface area (Å²) in [6.45, 7) is 4.02. The molecule has 0 N–H and O–H groups in total. The second-order valence-corrected chi connectivity index (χ2v) is 7.41. The lowest BCUT2D eigenvalue weighted by Gasteiger charge is -2.11. The molecule has 0 unspecified atom stereocenters. The Morgan fingerprint density at radius 2 is 1.70 bits per heavy atom. The number of benzene rings is 2. The highest BCUT2D eigenvalue weighted by Crippen LogP contribution is 2.31. The van der Waals surface area contributed by atoms with Gasteiger partial charge in [-0.1, -0.05) is 13.3 Å². The van der Waals surface area contributed by atoms with Crippen LogP contribution in [0.15, 0.2) is 42.5 Å². The van der Waals surface area contributed by atoms with Crippen LogP contribution in [0, 0.1) is 6.92 Å². The van der Waals surface area contributed by atoms with Gasteiger partial charge in [-0.2, -0.15) is 0 Å². The second-order valence-electron chi connectivity index (χ2n) is 7.41. The first-order chi connectivity index (χ1) is 15.6. The predicted octanol–water partition coefficient (Wildman–Crippen LogP) is 5.43. The lowest BCUT2D eigenvalue weighted by atomic mass is 10.1. The van der Waals surface area contributed by atoms with E-state index in [0.717, 1.165) is 25.0 Å². The monoisotopic (exact) mass is 463 g/mol. The van der Waals surface area contributed by atoms with Crippen LogP contribution in [0.5, 0.6) is 11.5 Å². The van der Waals surface area contributed by atoms with E-state index in [2.05, 4.69) is 4.74 Å². The van der Waals surface area contributed by atoms with Crippen LogP contribution in [0.2, 0.25) is 0 Å². The van der Waals surface area contributed by atoms with Gasteiger partial charge in [0.25, 0.3) is 5.91 Å². The average Bonchev–Trinajstić information content (AvgIpc) is 3.03. The summed E-state index contributed by atoms with van der Waals surface area (Å²) in [7, 11) is 1.51. The number of hydrogen-bond donors (Lipinski definition) is 0. The summed E-state index contributed by atoms with van der Waals surface area (Å²) in [6, 6.07) is 9.81. The number of hydrogen-bond acceptors (Lipinski definition) is 5. The van der Waals surface area contributed by atoms with Crippen molar-refractivity contribution in [3.63, 3.8) is 0 Å². The maximum atomic E-state index is 13.3. The van der Waals surface area contributed by atoms with Gasteiger partial charge < -0.3 is 14.2 Å². The van der Waals surface area contributed by atoms with E-state index >= 15 is 0 Å². The summed E-state index contributed by atoms with van der Waals surface area (Å²) in [5, 5.41) is 0.657. The van der Waals surface area contributed by atoms with E-state index in [1.165, 1.54) is 23.8 Å². The fourth-order valence-corrected chi connectivity index (χ4v) is 3.53. The van der Waals surface area contributed by atoms with Crippen molar-refractivity contribution < 1.29 is 37.0 Å². The molecule has 3 rings (SSSR count). The van der Waals surface area contributed by atoms with Crippen LogP contribution in [0.3, 0.4) is 0 Å². The van der Waals surface area contributed by atoms with E-state index in [4.69, 9.17) is 9.47 Å². The van der Waals surface area contributed by atoms with Gasteiger partial charge in [0, 0.05) is 16.6 Å². The van der Waals surface area contributed by atoms with Crippen molar-refractivity contribution in [1.82, 2.24) is 4.57 Å². The van der Waals surface area contributed by atoms with Crippen LogP contribution in [0.1, 0.15) is 41.4 Å². The summed E-state index contributed by atoms with van der Waals surface area (Å²) in [5.41, 5.74) is 1.87. The van der Waals surface area contributed by atoms with Crippen LogP contribution < -0.4 is 9.47 Å². The molecule has 0 saturated carbocycles. The largest absolute Gasteiger partial charge is 0.573 e. The second kappa shape index (κ2) is 9.97. The summed E-state index contributed by atoms with van der Waals surface area (Å²) in [5.74, 6) is -0.726. The Hall–Kier alpha value is -3.49. The molecule has 0 radical (unpaired) electrons. The molecule has 0 aliphatic heterocycles. The minimum Gasteiger partial charge on any atom is -0.497 e. The van der Waals surface area contributed by atoms with Crippen molar-refractivity contribution in [3.8, 4) is 11.5 Å². The van der Waals surface area contributed by atoms with E-state index in [0.29, 0.717) is 34.5 Å². The van der Waals surface area contributed by atoms with Gasteiger partial charge in [-0.15, -0.1) is 13.2 Å². The molecule has 176 valence electrons. The maximum Gasteiger partial charge on any atom is 0.573 e. The van der Waals surface area contributed by atoms with Gasteiger partial charge in [0.15, 0.2) is 0 Å². The zero-order chi connectivity index (χ0) is 24.2. The van der Waals surface area contributed by atoms with E-state index in [-0.39, 0.29) is 12.0 Å². The molecule has 0 spiro atoms. The number of esters is 1. The summed E-state index contributed by atoms with van der Waals surface area (Å²) in [4.78, 5) is 25.7. The molecule has 0 aliphatic carbocycles. The minimum atomic E-state index is -4.82. The highest BCUT2D eigenvalue weighted by molar-refractivity contribution is 6.05. The highest BCUT2D eigenvalue weighted by atomic mass is 19.4. The normalized spacial score (nSPS) is 11.5. The summed E-state index contributed by atoms with van der Waals surface area (Å²) < 4.78 is 53.1. The first-order valence-corrected chi connectivity index (χ1v) is 10.4. The van der Waals surface area contributed by atoms with Gasteiger partial charge in [-0.25, -0.2) is 0 Å². The van der Waals surface area contributed by atoms with Crippen LogP contribution in [0.25, 0.3) is 10.9 Å². The van der Waals surface area contributed by atoms with Crippen molar-refractivity contribution in [1.29, 1.82) is 0 Å². The Morgan fingerprint density at radius 3 is 2.30 bits per heavy atom. The predicted molar refractivity (Wildman–Crippen MR) is 116 cm³/mol. The van der Waals surface area contributed by atoms with E-state index in [9.17, 15) is 22.8 Å². The first-order valence-electron chi connectivity index (χ1n) is 10.4.